The van der Waals surface area contributed by atoms with Crippen LogP contribution in [-0.2, 0) is 16.6 Å². The van der Waals surface area contributed by atoms with Crippen LogP contribution in [0.25, 0.3) is 0 Å². The zero-order chi connectivity index (χ0) is 16.9. The Hall–Kier alpha value is -1.89. The summed E-state index contributed by atoms with van der Waals surface area (Å²) in [5, 5.41) is 3.06. The number of rotatable bonds is 6. The van der Waals surface area contributed by atoms with Crippen molar-refractivity contribution in [2.45, 2.75) is 18.4 Å². The first-order valence-electron chi connectivity index (χ1n) is 7.05. The number of carbonyl (C=O) groups excluding carboxylic acids is 1. The maximum absolute atomic E-state index is 12.2. The lowest BCUT2D eigenvalue weighted by Crippen LogP contribution is -2.24. The first kappa shape index (κ1) is 17.5. The number of sulfonamides is 1. The van der Waals surface area contributed by atoms with E-state index >= 15 is 0 Å². The van der Waals surface area contributed by atoms with Crippen molar-refractivity contribution in [1.82, 2.24) is 10.0 Å². The molecule has 23 heavy (non-hydrogen) atoms. The molecule has 2 rings (SSSR count). The van der Waals surface area contributed by atoms with E-state index in [2.05, 4.69) is 10.0 Å². The molecule has 2 aromatic rings. The van der Waals surface area contributed by atoms with Crippen LogP contribution in [0.15, 0.2) is 53.4 Å². The smallest absolute Gasteiger partial charge is 0.251 e. The fraction of sp³-hybridized carbons (Fsp3) is 0.188. The Morgan fingerprint density at radius 1 is 1.13 bits per heavy atom. The summed E-state index contributed by atoms with van der Waals surface area (Å²) in [5.74, 6) is -0.154. The average molecular weight is 353 g/mol. The second-order valence-electron chi connectivity index (χ2n) is 4.84. The zero-order valence-corrected chi connectivity index (χ0v) is 14.1. The number of hydrogen-bond acceptors (Lipinski definition) is 3. The van der Waals surface area contributed by atoms with Crippen LogP contribution in [0.5, 0.6) is 0 Å². The van der Waals surface area contributed by atoms with Gasteiger partial charge in [-0.2, -0.15) is 0 Å². The topological polar surface area (TPSA) is 75.3 Å². The molecule has 0 atom stereocenters. The van der Waals surface area contributed by atoms with Crippen molar-refractivity contribution in [2.75, 3.05) is 6.54 Å². The highest BCUT2D eigenvalue weighted by Crippen LogP contribution is 2.15. The molecule has 122 valence electrons. The van der Waals surface area contributed by atoms with Gasteiger partial charge in [0.25, 0.3) is 5.91 Å². The van der Waals surface area contributed by atoms with Crippen LogP contribution in [-0.4, -0.2) is 20.9 Å². The summed E-state index contributed by atoms with van der Waals surface area (Å²) >= 11 is 5.81. The van der Waals surface area contributed by atoms with E-state index in [4.69, 9.17) is 11.6 Å². The number of hydrogen-bond donors (Lipinski definition) is 2. The van der Waals surface area contributed by atoms with E-state index in [0.717, 1.165) is 5.56 Å². The van der Waals surface area contributed by atoms with Crippen LogP contribution in [0.2, 0.25) is 5.02 Å². The summed E-state index contributed by atoms with van der Waals surface area (Å²) in [6.45, 7) is 2.53. The van der Waals surface area contributed by atoms with Crippen molar-refractivity contribution in [3.05, 3.63) is 64.7 Å². The molecule has 2 aromatic carbocycles. The van der Waals surface area contributed by atoms with Crippen molar-refractivity contribution in [2.24, 2.45) is 0 Å². The number of amides is 1. The predicted molar refractivity (Wildman–Crippen MR) is 89.9 cm³/mol. The van der Waals surface area contributed by atoms with Gasteiger partial charge < -0.3 is 5.32 Å². The lowest BCUT2D eigenvalue weighted by Gasteiger charge is -2.08. The zero-order valence-electron chi connectivity index (χ0n) is 12.5. The number of carbonyl (C=O) groups is 1. The number of halogens is 1. The third-order valence-electron chi connectivity index (χ3n) is 3.13. The molecule has 0 unspecified atom stereocenters. The summed E-state index contributed by atoms with van der Waals surface area (Å²) in [5.41, 5.74) is 1.29. The molecule has 0 fully saturated rings. The van der Waals surface area contributed by atoms with Gasteiger partial charge >= 0.3 is 0 Å². The van der Waals surface area contributed by atoms with Gasteiger partial charge in [-0.15, -0.1) is 0 Å². The fourth-order valence-corrected chi connectivity index (χ4v) is 3.25. The van der Waals surface area contributed by atoms with Crippen LogP contribution in [0.3, 0.4) is 0 Å². The predicted octanol–water partition coefficient (Wildman–Crippen LogP) is 2.57. The Morgan fingerprint density at radius 3 is 2.43 bits per heavy atom. The first-order valence-corrected chi connectivity index (χ1v) is 8.91. The monoisotopic (exact) mass is 352 g/mol. The molecule has 7 heteroatoms. The van der Waals surface area contributed by atoms with Crippen molar-refractivity contribution in [1.29, 1.82) is 0 Å². The second-order valence-corrected chi connectivity index (χ2v) is 7.04. The third-order valence-corrected chi connectivity index (χ3v) is 4.76. The van der Waals surface area contributed by atoms with Crippen molar-refractivity contribution in [3.8, 4) is 0 Å². The van der Waals surface area contributed by atoms with Crippen LogP contribution in [0.4, 0.5) is 0 Å². The van der Waals surface area contributed by atoms with Gasteiger partial charge in [0.05, 0.1) is 4.90 Å². The molecule has 0 saturated heterocycles. The SMILES string of the molecule is CCNC(=O)c1ccc(CNS(=O)(=O)c2cccc(Cl)c2)cc1. The summed E-state index contributed by atoms with van der Waals surface area (Å²) in [4.78, 5) is 11.8. The maximum atomic E-state index is 12.2. The normalized spacial score (nSPS) is 11.2. The molecule has 0 radical (unpaired) electrons. The minimum absolute atomic E-state index is 0.115. The Kier molecular flexibility index (Phi) is 5.76. The minimum atomic E-state index is -3.63. The second kappa shape index (κ2) is 7.59. The Morgan fingerprint density at radius 2 is 1.83 bits per heavy atom. The van der Waals surface area contributed by atoms with Gasteiger partial charge in [0.1, 0.15) is 0 Å². The lowest BCUT2D eigenvalue weighted by atomic mass is 10.1. The van der Waals surface area contributed by atoms with Gasteiger partial charge in [0.15, 0.2) is 0 Å². The highest BCUT2D eigenvalue weighted by atomic mass is 35.5. The maximum Gasteiger partial charge on any atom is 0.251 e. The van der Waals surface area contributed by atoms with E-state index < -0.39 is 10.0 Å². The van der Waals surface area contributed by atoms with Crippen molar-refractivity contribution >= 4 is 27.5 Å². The summed E-state index contributed by atoms with van der Waals surface area (Å²) in [6, 6.07) is 12.8. The summed E-state index contributed by atoms with van der Waals surface area (Å²) in [6.07, 6.45) is 0. The van der Waals surface area contributed by atoms with Crippen LogP contribution in [0, 0.1) is 0 Å². The summed E-state index contributed by atoms with van der Waals surface area (Å²) in [7, 11) is -3.63. The Bertz CT molecular complexity index is 789. The van der Waals surface area contributed by atoms with E-state index in [1.807, 2.05) is 6.92 Å². The summed E-state index contributed by atoms with van der Waals surface area (Å²) < 4.78 is 26.9. The van der Waals surface area contributed by atoms with Crippen molar-refractivity contribution in [3.63, 3.8) is 0 Å². The number of benzene rings is 2. The van der Waals surface area contributed by atoms with Gasteiger partial charge in [-0.05, 0) is 42.8 Å². The van der Waals surface area contributed by atoms with E-state index in [0.29, 0.717) is 17.1 Å². The van der Waals surface area contributed by atoms with Crippen LogP contribution < -0.4 is 10.0 Å². The molecule has 5 nitrogen and oxygen atoms in total. The Labute approximate surface area is 140 Å². The van der Waals surface area contributed by atoms with E-state index in [9.17, 15) is 13.2 Å². The fourth-order valence-electron chi connectivity index (χ4n) is 1.93. The quantitative estimate of drug-likeness (QED) is 0.839. The van der Waals surface area contributed by atoms with Gasteiger partial charge in [-0.1, -0.05) is 29.8 Å². The van der Waals surface area contributed by atoms with Crippen LogP contribution >= 0.6 is 11.6 Å². The molecule has 0 aliphatic carbocycles. The lowest BCUT2D eigenvalue weighted by molar-refractivity contribution is 0.0956. The Balaban J connectivity index is 2.04. The van der Waals surface area contributed by atoms with Gasteiger partial charge in [-0.3, -0.25) is 4.79 Å². The molecule has 0 aliphatic rings. The molecule has 1 amide bonds. The molecule has 0 bridgehead atoms. The third kappa shape index (κ3) is 4.79. The highest BCUT2D eigenvalue weighted by Gasteiger charge is 2.14. The van der Waals surface area contributed by atoms with E-state index in [1.165, 1.54) is 12.1 Å². The molecule has 2 N–H and O–H groups in total. The average Bonchev–Trinajstić information content (AvgIpc) is 2.54. The largest absolute Gasteiger partial charge is 0.352 e. The molecular weight excluding hydrogens is 336 g/mol. The number of nitrogens with one attached hydrogen (secondary N) is 2. The molecule has 0 aromatic heterocycles. The molecule has 0 aliphatic heterocycles. The van der Waals surface area contributed by atoms with E-state index in [-0.39, 0.29) is 17.3 Å². The molecular formula is C16H17ClN2O3S. The van der Waals surface area contributed by atoms with Crippen LogP contribution in [0.1, 0.15) is 22.8 Å². The molecule has 0 spiro atoms. The van der Waals surface area contributed by atoms with Gasteiger partial charge in [-0.25, -0.2) is 13.1 Å². The minimum Gasteiger partial charge on any atom is -0.352 e. The molecule has 0 heterocycles. The van der Waals surface area contributed by atoms with E-state index in [1.54, 1.807) is 36.4 Å². The van der Waals surface area contributed by atoms with Gasteiger partial charge in [0.2, 0.25) is 10.0 Å². The first-order chi connectivity index (χ1) is 10.9. The van der Waals surface area contributed by atoms with Gasteiger partial charge in [0, 0.05) is 23.7 Å². The molecule has 0 saturated carbocycles. The standard InChI is InChI=1S/C16H17ClN2O3S/c1-2-18-16(20)13-8-6-12(7-9-13)11-19-23(21,22)15-5-3-4-14(17)10-15/h3-10,19H,2,11H2,1H3,(H,18,20). The highest BCUT2D eigenvalue weighted by molar-refractivity contribution is 7.89. The van der Waals surface area contributed by atoms with Crippen molar-refractivity contribution < 1.29 is 13.2 Å².